The number of aromatic nitrogens is 3. The number of hydrogen-bond acceptors (Lipinski definition) is 7. The van der Waals surface area contributed by atoms with Crippen LogP contribution in [0.25, 0.3) is 33.8 Å². The predicted molar refractivity (Wildman–Crippen MR) is 237 cm³/mol. The highest BCUT2D eigenvalue weighted by molar-refractivity contribution is 5.64. The summed E-state index contributed by atoms with van der Waals surface area (Å²) >= 11 is 0. The van der Waals surface area contributed by atoms with Crippen LogP contribution in [-0.2, 0) is 0 Å². The Morgan fingerprint density at radius 3 is 0.704 bits per heavy atom. The highest BCUT2D eigenvalue weighted by Crippen LogP contribution is 2.49. The summed E-state index contributed by atoms with van der Waals surface area (Å²) in [7, 11) is 0. The molecule has 0 spiro atoms. The van der Waals surface area contributed by atoms with Gasteiger partial charge in [0.25, 0.3) is 0 Å². The van der Waals surface area contributed by atoms with Crippen molar-refractivity contribution in [2.24, 2.45) is 0 Å². The maximum atomic E-state index is 17.0. The van der Waals surface area contributed by atoms with Crippen LogP contribution in [-0.4, -0.2) is 63.3 Å². The molecule has 8 bridgehead atoms. The van der Waals surface area contributed by atoms with Crippen LogP contribution in [0.4, 0.5) is 52.7 Å². The van der Waals surface area contributed by atoms with Gasteiger partial charge in [-0.1, -0.05) is 18.2 Å². The molecule has 0 amide bonds. The maximum absolute atomic E-state index is 17.0. The fourth-order valence-corrected chi connectivity index (χ4v) is 12.6. The molecule has 11 rings (SSSR count). The zero-order valence-corrected chi connectivity index (χ0v) is 37.3. The Bertz CT molecular complexity index is 2790. The smallest absolute Gasteiger partial charge is 0.171 e. The van der Waals surface area contributed by atoms with Crippen LogP contribution in [0.15, 0.2) is 73.2 Å². The van der Waals surface area contributed by atoms with Gasteiger partial charge in [0.2, 0.25) is 0 Å². The van der Waals surface area contributed by atoms with Crippen molar-refractivity contribution < 1.29 is 52.7 Å². The first kappa shape index (κ1) is 47.4. The van der Waals surface area contributed by atoms with Gasteiger partial charge in [-0.15, -0.1) is 0 Å². The van der Waals surface area contributed by atoms with E-state index >= 15 is 52.7 Å². The number of hydrogen-bond donors (Lipinski definition) is 4. The first-order valence-electron chi connectivity index (χ1n) is 23.6. The van der Waals surface area contributed by atoms with Gasteiger partial charge < -0.3 is 21.3 Å². The summed E-state index contributed by atoms with van der Waals surface area (Å²) in [6.07, 6.45) is 4.36. The van der Waals surface area contributed by atoms with Crippen molar-refractivity contribution in [3.05, 3.63) is 160 Å². The van der Waals surface area contributed by atoms with Crippen LogP contribution in [0.3, 0.4) is 0 Å². The molecule has 10 unspecified atom stereocenters. The highest BCUT2D eigenvalue weighted by atomic mass is 19.2. The Morgan fingerprint density at radius 2 is 0.493 bits per heavy atom. The van der Waals surface area contributed by atoms with Crippen LogP contribution in [0, 0.1) is 69.8 Å². The molecule has 3 aromatic carbocycles. The zero-order valence-electron chi connectivity index (χ0n) is 37.3. The standard InChI is InChI=1S/C52H43F12N7/c53-41-35(23-7-1-4-18-65-23)42(54)48(60)38(47(41)59)32-26-12-10-21(68-26)22-11-13-27(69-22)33(39-49(61)43(55)36(44(56)50(39)62)24-8-2-5-19-66-24)29-15-17-31(71-29)34(30-16-14-28(32)70-30)40-51(63)45(57)37(46(58)52(40)64)25-9-3-6-20-67-25/h1-9,18-22,26-34,68-71H,10-17H2. The number of nitrogens with zero attached hydrogens (tertiary/aromatic N) is 3. The van der Waals surface area contributed by atoms with E-state index in [1.165, 1.54) is 67.1 Å². The van der Waals surface area contributed by atoms with Gasteiger partial charge in [-0.05, 0) is 87.8 Å². The van der Waals surface area contributed by atoms with Gasteiger partial charge in [0.1, 0.15) is 0 Å². The second-order valence-corrected chi connectivity index (χ2v) is 19.2. The lowest BCUT2D eigenvalue weighted by atomic mass is 9.81. The normalized spacial score (nSPS) is 28.3. The minimum absolute atomic E-state index is 0.0286. The van der Waals surface area contributed by atoms with E-state index < -0.39 is 175 Å². The van der Waals surface area contributed by atoms with E-state index in [4.69, 9.17) is 0 Å². The lowest BCUT2D eigenvalue weighted by Crippen LogP contribution is -2.50. The van der Waals surface area contributed by atoms with Crippen LogP contribution in [0.1, 0.15) is 85.8 Å². The van der Waals surface area contributed by atoms with Gasteiger partial charge in [0.15, 0.2) is 69.8 Å². The second kappa shape index (κ2) is 18.6. The molecule has 6 aromatic rings. The van der Waals surface area contributed by atoms with E-state index in [9.17, 15) is 0 Å². The monoisotopic (exact) mass is 993 g/mol. The Morgan fingerprint density at radius 1 is 0.282 bits per heavy atom. The molecule has 5 saturated heterocycles. The van der Waals surface area contributed by atoms with Crippen LogP contribution in [0.5, 0.6) is 0 Å². The minimum atomic E-state index is -1.78. The summed E-state index contributed by atoms with van der Waals surface area (Å²) < 4.78 is 199. The molecule has 3 aromatic heterocycles. The molecule has 8 heterocycles. The van der Waals surface area contributed by atoms with Gasteiger partial charge in [0.05, 0.1) is 33.8 Å². The average Bonchev–Trinajstić information content (AvgIpc) is 4.24. The van der Waals surface area contributed by atoms with E-state index in [0.29, 0.717) is 12.8 Å². The molecule has 4 N–H and O–H groups in total. The number of halogens is 12. The number of rotatable bonds is 6. The lowest BCUT2D eigenvalue weighted by Gasteiger charge is -2.36. The van der Waals surface area contributed by atoms with E-state index in [2.05, 4.69) is 36.2 Å². The van der Waals surface area contributed by atoms with Gasteiger partial charge in [-0.25, -0.2) is 52.7 Å². The first-order valence-corrected chi connectivity index (χ1v) is 23.6. The Kier molecular flexibility index (Phi) is 12.4. The quantitative estimate of drug-likeness (QED) is 0.0977. The second-order valence-electron chi connectivity index (χ2n) is 19.2. The van der Waals surface area contributed by atoms with Gasteiger partial charge in [-0.2, -0.15) is 0 Å². The molecule has 19 heteroatoms. The summed E-state index contributed by atoms with van der Waals surface area (Å²) in [5.41, 5.74) is -7.25. The van der Waals surface area contributed by atoms with Crippen molar-refractivity contribution >= 4 is 0 Å². The molecule has 0 saturated carbocycles. The zero-order chi connectivity index (χ0) is 49.6. The highest BCUT2D eigenvalue weighted by Gasteiger charge is 2.52. The fourth-order valence-electron chi connectivity index (χ4n) is 12.6. The van der Waals surface area contributed by atoms with Crippen LogP contribution >= 0.6 is 0 Å². The van der Waals surface area contributed by atoms with Crippen molar-refractivity contribution in [3.63, 3.8) is 0 Å². The molecule has 10 atom stereocenters. The largest absolute Gasteiger partial charge is 0.310 e. The molecule has 71 heavy (non-hydrogen) atoms. The summed E-state index contributed by atoms with van der Waals surface area (Å²) in [6, 6.07) is 4.57. The summed E-state index contributed by atoms with van der Waals surface area (Å²) in [5.74, 6) is -25.1. The molecule has 0 radical (unpaired) electrons. The number of fused-ring (bicyclic) bond motifs is 9. The van der Waals surface area contributed by atoms with Gasteiger partial charge in [0, 0.05) is 101 Å². The maximum Gasteiger partial charge on any atom is 0.171 e. The number of nitrogens with one attached hydrogen (secondary N) is 4. The molecular weight excluding hydrogens is 951 g/mol. The lowest BCUT2D eigenvalue weighted by molar-refractivity contribution is 0.303. The number of pyridine rings is 3. The van der Waals surface area contributed by atoms with Crippen molar-refractivity contribution in [2.75, 3.05) is 0 Å². The summed E-state index contributed by atoms with van der Waals surface area (Å²) in [6.45, 7) is 0. The summed E-state index contributed by atoms with van der Waals surface area (Å²) in [5, 5.41) is 13.3. The third-order valence-electron chi connectivity index (χ3n) is 15.6. The third-order valence-corrected chi connectivity index (χ3v) is 15.6. The minimum Gasteiger partial charge on any atom is -0.310 e. The molecule has 7 nitrogen and oxygen atoms in total. The Labute approximate surface area is 398 Å². The van der Waals surface area contributed by atoms with Crippen molar-refractivity contribution in [3.8, 4) is 33.8 Å². The van der Waals surface area contributed by atoms with Gasteiger partial charge >= 0.3 is 0 Å². The molecule has 5 fully saturated rings. The van der Waals surface area contributed by atoms with Crippen molar-refractivity contribution in [2.45, 2.75) is 117 Å². The molecule has 370 valence electrons. The average molecular weight is 994 g/mol. The topological polar surface area (TPSA) is 86.8 Å². The van der Waals surface area contributed by atoms with Crippen molar-refractivity contribution in [1.82, 2.24) is 36.2 Å². The van der Waals surface area contributed by atoms with Crippen LogP contribution < -0.4 is 21.3 Å². The first-order chi connectivity index (χ1) is 34.2. The van der Waals surface area contributed by atoms with Crippen LogP contribution in [0.2, 0.25) is 0 Å². The van der Waals surface area contributed by atoms with E-state index in [1.807, 2.05) is 0 Å². The molecule has 5 aliphatic heterocycles. The Balaban J connectivity index is 1.07. The molecule has 0 aliphatic carbocycles. The third kappa shape index (κ3) is 7.80. The van der Waals surface area contributed by atoms with E-state index in [1.54, 1.807) is 0 Å². The molecular formula is C52H43F12N7. The van der Waals surface area contributed by atoms with Gasteiger partial charge in [-0.3, -0.25) is 15.0 Å². The Hall–Kier alpha value is -5.89. The number of benzene rings is 3. The van der Waals surface area contributed by atoms with E-state index in [-0.39, 0.29) is 49.9 Å². The predicted octanol–water partition coefficient (Wildman–Crippen LogP) is 10.7. The van der Waals surface area contributed by atoms with Crippen molar-refractivity contribution in [1.29, 1.82) is 0 Å². The summed E-state index contributed by atoms with van der Waals surface area (Å²) in [4.78, 5) is 11.7. The SMILES string of the molecule is Fc1c(F)c(C2C3CCC(N3)C3CCC(N3)C(c3c(F)c(F)c(-c4ccccn4)c(F)c3F)C3CCC(N3)C(c3c(F)c(F)c(-c4ccccn4)c(F)c3F)C3CCC2N3)c(F)c(F)c1-c1ccccn1. The van der Waals surface area contributed by atoms with E-state index in [0.717, 1.165) is 6.07 Å². The molecule has 5 aliphatic rings. The fraction of sp³-hybridized carbons (Fsp3) is 0.365.